The zero-order valence-electron chi connectivity index (χ0n) is 13.5. The fourth-order valence-electron chi connectivity index (χ4n) is 2.45. The van der Waals surface area contributed by atoms with Crippen LogP contribution in [-0.4, -0.2) is 20.7 Å². The van der Waals surface area contributed by atoms with E-state index in [9.17, 15) is 4.79 Å². The maximum Gasteiger partial charge on any atom is 0.267 e. The lowest BCUT2D eigenvalue weighted by Crippen LogP contribution is -2.10. The summed E-state index contributed by atoms with van der Waals surface area (Å²) in [6.45, 7) is 5.99. The van der Waals surface area contributed by atoms with Gasteiger partial charge in [0.05, 0.1) is 17.6 Å². The number of nitrogens with zero attached hydrogens (tertiary/aromatic N) is 3. The van der Waals surface area contributed by atoms with Crippen molar-refractivity contribution < 1.29 is 4.79 Å². The zero-order chi connectivity index (χ0) is 16.6. The van der Waals surface area contributed by atoms with Gasteiger partial charge in [-0.2, -0.15) is 5.10 Å². The van der Waals surface area contributed by atoms with E-state index in [0.717, 1.165) is 21.8 Å². The predicted octanol–water partition coefficient (Wildman–Crippen LogP) is 3.72. The predicted molar refractivity (Wildman–Crippen MR) is 92.9 cm³/mol. The summed E-state index contributed by atoms with van der Waals surface area (Å²) in [4.78, 5) is 17.7. The minimum absolute atomic E-state index is 0.149. The van der Waals surface area contributed by atoms with Crippen molar-refractivity contribution in [1.29, 1.82) is 0 Å². The molecule has 3 aromatic rings. The SMILES string of the molecule is Cc1ccc(-c2nc(C)c(C(=O)Nc3cnn(C)c3)s2)c(C)c1. The van der Waals surface area contributed by atoms with Gasteiger partial charge in [-0.25, -0.2) is 4.98 Å². The monoisotopic (exact) mass is 326 g/mol. The van der Waals surface area contributed by atoms with Crippen molar-refractivity contribution in [3.8, 4) is 10.6 Å². The summed E-state index contributed by atoms with van der Waals surface area (Å²) in [5.41, 5.74) is 4.88. The maximum absolute atomic E-state index is 12.5. The average Bonchev–Trinajstić information content (AvgIpc) is 3.05. The molecule has 0 bridgehead atoms. The van der Waals surface area contributed by atoms with E-state index in [0.29, 0.717) is 10.6 Å². The Bertz CT molecular complexity index is 879. The third-order valence-corrected chi connectivity index (χ3v) is 4.77. The number of hydrogen-bond donors (Lipinski definition) is 1. The van der Waals surface area contributed by atoms with Crippen LogP contribution in [-0.2, 0) is 7.05 Å². The zero-order valence-corrected chi connectivity index (χ0v) is 14.4. The van der Waals surface area contributed by atoms with E-state index in [4.69, 9.17) is 0 Å². The largest absolute Gasteiger partial charge is 0.319 e. The number of nitrogens with one attached hydrogen (secondary N) is 1. The van der Waals surface area contributed by atoms with Crippen LogP contribution >= 0.6 is 11.3 Å². The Kier molecular flexibility index (Phi) is 4.00. The number of aromatic nitrogens is 3. The Morgan fingerprint density at radius 2 is 2.04 bits per heavy atom. The second-order valence-electron chi connectivity index (χ2n) is 5.61. The summed E-state index contributed by atoms with van der Waals surface area (Å²) >= 11 is 1.42. The topological polar surface area (TPSA) is 59.8 Å². The summed E-state index contributed by atoms with van der Waals surface area (Å²) in [6.07, 6.45) is 3.39. The molecule has 0 atom stereocenters. The third-order valence-electron chi connectivity index (χ3n) is 3.58. The minimum Gasteiger partial charge on any atom is -0.319 e. The fourth-order valence-corrected chi connectivity index (χ4v) is 3.50. The number of carbonyl (C=O) groups excluding carboxylic acids is 1. The average molecular weight is 326 g/mol. The number of hydrogen-bond acceptors (Lipinski definition) is 4. The molecule has 0 saturated heterocycles. The van der Waals surface area contributed by atoms with Gasteiger partial charge in [-0.3, -0.25) is 9.48 Å². The van der Waals surface area contributed by atoms with Crippen LogP contribution in [0.25, 0.3) is 10.6 Å². The van der Waals surface area contributed by atoms with Crippen LogP contribution in [0.3, 0.4) is 0 Å². The number of benzene rings is 1. The Labute approximate surface area is 139 Å². The molecule has 23 heavy (non-hydrogen) atoms. The summed E-state index contributed by atoms with van der Waals surface area (Å²) in [5, 5.41) is 7.78. The summed E-state index contributed by atoms with van der Waals surface area (Å²) in [7, 11) is 1.81. The molecule has 2 heterocycles. The van der Waals surface area contributed by atoms with Crippen LogP contribution in [0.2, 0.25) is 0 Å². The van der Waals surface area contributed by atoms with Crippen LogP contribution in [0.4, 0.5) is 5.69 Å². The molecule has 2 aromatic heterocycles. The minimum atomic E-state index is -0.149. The first kappa shape index (κ1) is 15.4. The molecule has 6 heteroatoms. The molecule has 0 spiro atoms. The van der Waals surface area contributed by atoms with Crippen molar-refractivity contribution in [3.63, 3.8) is 0 Å². The van der Waals surface area contributed by atoms with Gasteiger partial charge in [-0.1, -0.05) is 23.8 Å². The van der Waals surface area contributed by atoms with Crippen LogP contribution in [0.15, 0.2) is 30.6 Å². The number of carbonyl (C=O) groups is 1. The van der Waals surface area contributed by atoms with Crippen molar-refractivity contribution in [2.45, 2.75) is 20.8 Å². The molecule has 0 aliphatic rings. The van der Waals surface area contributed by atoms with Crippen LogP contribution in [0, 0.1) is 20.8 Å². The van der Waals surface area contributed by atoms with Gasteiger partial charge < -0.3 is 5.32 Å². The number of anilines is 1. The number of rotatable bonds is 3. The van der Waals surface area contributed by atoms with Gasteiger partial charge in [0.2, 0.25) is 0 Å². The quantitative estimate of drug-likeness (QED) is 0.798. The van der Waals surface area contributed by atoms with Crippen molar-refractivity contribution in [2.75, 3.05) is 5.32 Å². The Hall–Kier alpha value is -2.47. The van der Waals surface area contributed by atoms with Gasteiger partial charge in [0.15, 0.2) is 0 Å². The highest BCUT2D eigenvalue weighted by Crippen LogP contribution is 2.31. The van der Waals surface area contributed by atoms with E-state index >= 15 is 0 Å². The molecule has 5 nitrogen and oxygen atoms in total. The summed E-state index contributed by atoms with van der Waals surface area (Å²) in [5.74, 6) is -0.149. The Morgan fingerprint density at radius 1 is 1.26 bits per heavy atom. The maximum atomic E-state index is 12.5. The lowest BCUT2D eigenvalue weighted by Gasteiger charge is -2.03. The van der Waals surface area contributed by atoms with Crippen LogP contribution in [0.1, 0.15) is 26.5 Å². The van der Waals surface area contributed by atoms with Crippen LogP contribution in [0.5, 0.6) is 0 Å². The molecule has 1 N–H and O–H groups in total. The van der Waals surface area contributed by atoms with Gasteiger partial charge in [0.25, 0.3) is 5.91 Å². The van der Waals surface area contributed by atoms with E-state index in [1.54, 1.807) is 17.1 Å². The van der Waals surface area contributed by atoms with Gasteiger partial charge in [0, 0.05) is 18.8 Å². The number of amides is 1. The second kappa shape index (κ2) is 5.96. The van der Waals surface area contributed by atoms with Gasteiger partial charge in [0.1, 0.15) is 9.88 Å². The molecule has 3 rings (SSSR count). The molecular weight excluding hydrogens is 308 g/mol. The molecule has 0 saturated carbocycles. The highest BCUT2D eigenvalue weighted by atomic mass is 32.1. The fraction of sp³-hybridized carbons (Fsp3) is 0.235. The third kappa shape index (κ3) is 3.17. The molecule has 0 fully saturated rings. The van der Waals surface area contributed by atoms with Crippen molar-refractivity contribution in [2.24, 2.45) is 7.05 Å². The van der Waals surface area contributed by atoms with Crippen molar-refractivity contribution in [1.82, 2.24) is 14.8 Å². The van der Waals surface area contributed by atoms with E-state index in [-0.39, 0.29) is 5.91 Å². The number of thiazole rings is 1. The molecule has 0 unspecified atom stereocenters. The van der Waals surface area contributed by atoms with Gasteiger partial charge in [-0.05, 0) is 26.3 Å². The van der Waals surface area contributed by atoms with Crippen LogP contribution < -0.4 is 5.32 Å². The van der Waals surface area contributed by atoms with Crippen molar-refractivity contribution in [3.05, 3.63) is 52.3 Å². The molecule has 0 radical (unpaired) electrons. The molecule has 1 amide bonds. The highest BCUT2D eigenvalue weighted by Gasteiger charge is 2.17. The molecule has 118 valence electrons. The smallest absolute Gasteiger partial charge is 0.267 e. The summed E-state index contributed by atoms with van der Waals surface area (Å²) in [6, 6.07) is 6.25. The standard InChI is InChI=1S/C17H18N4OS/c1-10-5-6-14(11(2)7-10)17-19-12(3)15(23-17)16(22)20-13-8-18-21(4)9-13/h5-9H,1-4H3,(H,20,22). The highest BCUT2D eigenvalue weighted by molar-refractivity contribution is 7.17. The molecular formula is C17H18N4OS. The first-order valence-corrected chi connectivity index (χ1v) is 8.11. The van der Waals surface area contributed by atoms with Gasteiger partial charge >= 0.3 is 0 Å². The molecule has 0 aliphatic heterocycles. The van der Waals surface area contributed by atoms with E-state index in [1.165, 1.54) is 16.9 Å². The second-order valence-corrected chi connectivity index (χ2v) is 6.61. The lowest BCUT2D eigenvalue weighted by molar-refractivity contribution is 0.103. The lowest BCUT2D eigenvalue weighted by atomic mass is 10.1. The molecule has 0 aliphatic carbocycles. The van der Waals surface area contributed by atoms with E-state index in [1.807, 2.05) is 14.0 Å². The molecule has 1 aromatic carbocycles. The number of aryl methyl sites for hydroxylation is 4. The Morgan fingerprint density at radius 3 is 2.70 bits per heavy atom. The normalized spacial score (nSPS) is 10.8. The first-order chi connectivity index (χ1) is 10.9. The first-order valence-electron chi connectivity index (χ1n) is 7.29. The van der Waals surface area contributed by atoms with Gasteiger partial charge in [-0.15, -0.1) is 11.3 Å². The van der Waals surface area contributed by atoms with E-state index < -0.39 is 0 Å². The Balaban J connectivity index is 1.90. The van der Waals surface area contributed by atoms with Crippen molar-refractivity contribution >= 4 is 22.9 Å². The summed E-state index contributed by atoms with van der Waals surface area (Å²) < 4.78 is 1.65. The van der Waals surface area contributed by atoms with E-state index in [2.05, 4.69) is 47.4 Å².